The van der Waals surface area contributed by atoms with Crippen LogP contribution in [0.3, 0.4) is 0 Å². The summed E-state index contributed by atoms with van der Waals surface area (Å²) in [5.74, 6) is -1.31. The molecule has 2 aromatic carbocycles. The number of halogens is 1. The van der Waals surface area contributed by atoms with Crippen LogP contribution < -0.4 is 16.2 Å². The molecule has 0 radical (unpaired) electrons. The fourth-order valence-corrected chi connectivity index (χ4v) is 3.44. The zero-order valence-corrected chi connectivity index (χ0v) is 19.3. The molecule has 0 saturated heterocycles. The Morgan fingerprint density at radius 1 is 1.09 bits per heavy atom. The van der Waals surface area contributed by atoms with Crippen molar-refractivity contribution >= 4 is 34.8 Å². The highest BCUT2D eigenvalue weighted by Gasteiger charge is 2.26. The Hall–Kier alpha value is -3.98. The molecule has 1 heterocycles. The lowest BCUT2D eigenvalue weighted by Crippen LogP contribution is -2.47. The molecular weight excluding hydrogens is 460 g/mol. The second kappa shape index (κ2) is 10.8. The van der Waals surface area contributed by atoms with Gasteiger partial charge in [-0.2, -0.15) is 0 Å². The molecule has 0 bridgehead atoms. The third kappa shape index (κ3) is 6.08. The third-order valence-electron chi connectivity index (χ3n) is 5.11. The van der Waals surface area contributed by atoms with E-state index in [1.165, 1.54) is 18.2 Å². The second-order valence-corrected chi connectivity index (χ2v) is 8.38. The molecular formula is C24H23ClN4O5. The Balaban J connectivity index is 1.68. The summed E-state index contributed by atoms with van der Waals surface area (Å²) in [6, 6.07) is 14.8. The quantitative estimate of drug-likeness (QED) is 0.373. The van der Waals surface area contributed by atoms with E-state index in [1.54, 1.807) is 61.0 Å². The van der Waals surface area contributed by atoms with Gasteiger partial charge in [0.2, 0.25) is 5.91 Å². The normalized spacial score (nSPS) is 11.6. The predicted molar refractivity (Wildman–Crippen MR) is 129 cm³/mol. The smallest absolute Gasteiger partial charge is 0.288 e. The van der Waals surface area contributed by atoms with E-state index < -0.39 is 28.5 Å². The summed E-state index contributed by atoms with van der Waals surface area (Å²) in [7, 11) is 0. The number of nitrogens with zero attached hydrogens (tertiary/aromatic N) is 2. The number of amides is 2. The number of aromatic nitrogens is 1. The highest BCUT2D eigenvalue weighted by Crippen LogP contribution is 2.25. The van der Waals surface area contributed by atoms with Crippen LogP contribution in [0.4, 0.5) is 11.4 Å². The summed E-state index contributed by atoms with van der Waals surface area (Å²) in [5, 5.41) is 16.4. The first kappa shape index (κ1) is 24.7. The standard InChI is InChI=1S/C24H23ClN4O5/c1-15(2)22(27-23(31)17-8-11-19(25)20(13-17)29(33)34)24(32)26-18-9-6-16(7-10-18)14-28-12-4-3-5-21(28)30/h3-13,15,22H,14H2,1-2H3,(H,26,32)(H,27,31). The molecule has 1 unspecified atom stereocenters. The number of hydrogen-bond acceptors (Lipinski definition) is 5. The van der Waals surface area contributed by atoms with E-state index in [4.69, 9.17) is 11.6 Å². The fourth-order valence-electron chi connectivity index (χ4n) is 3.25. The first-order valence-electron chi connectivity index (χ1n) is 10.5. The monoisotopic (exact) mass is 482 g/mol. The number of benzene rings is 2. The van der Waals surface area contributed by atoms with Crippen LogP contribution in [0.5, 0.6) is 0 Å². The average Bonchev–Trinajstić information content (AvgIpc) is 2.79. The lowest BCUT2D eigenvalue weighted by atomic mass is 10.0. The van der Waals surface area contributed by atoms with Gasteiger partial charge in [-0.05, 0) is 41.8 Å². The summed E-state index contributed by atoms with van der Waals surface area (Å²) in [4.78, 5) is 47.8. The van der Waals surface area contributed by atoms with E-state index in [-0.39, 0.29) is 22.1 Å². The van der Waals surface area contributed by atoms with E-state index in [9.17, 15) is 24.5 Å². The average molecular weight is 483 g/mol. The van der Waals surface area contributed by atoms with Crippen molar-refractivity contribution in [2.45, 2.75) is 26.4 Å². The Morgan fingerprint density at radius 2 is 1.79 bits per heavy atom. The van der Waals surface area contributed by atoms with Crippen LogP contribution >= 0.6 is 11.6 Å². The largest absolute Gasteiger partial charge is 0.340 e. The van der Waals surface area contributed by atoms with Crippen molar-refractivity contribution in [3.05, 3.63) is 103 Å². The summed E-state index contributed by atoms with van der Waals surface area (Å²) in [6.07, 6.45) is 1.70. The number of rotatable bonds is 8. The number of carbonyl (C=O) groups is 2. The van der Waals surface area contributed by atoms with Crippen molar-refractivity contribution in [2.75, 3.05) is 5.32 Å². The Morgan fingerprint density at radius 3 is 2.41 bits per heavy atom. The maximum absolute atomic E-state index is 12.9. The molecule has 2 N–H and O–H groups in total. The van der Waals surface area contributed by atoms with Gasteiger partial charge in [0.15, 0.2) is 0 Å². The lowest BCUT2D eigenvalue weighted by molar-refractivity contribution is -0.384. The van der Waals surface area contributed by atoms with Crippen molar-refractivity contribution in [3.63, 3.8) is 0 Å². The van der Waals surface area contributed by atoms with Crippen molar-refractivity contribution < 1.29 is 14.5 Å². The number of pyridine rings is 1. The van der Waals surface area contributed by atoms with Gasteiger partial charge in [-0.3, -0.25) is 24.5 Å². The van der Waals surface area contributed by atoms with Crippen LogP contribution in [0.2, 0.25) is 5.02 Å². The topological polar surface area (TPSA) is 123 Å². The zero-order chi connectivity index (χ0) is 24.8. The number of nitro benzene ring substituents is 1. The van der Waals surface area contributed by atoms with Crippen LogP contribution in [0.15, 0.2) is 71.7 Å². The van der Waals surface area contributed by atoms with Gasteiger partial charge >= 0.3 is 0 Å². The molecule has 0 aliphatic carbocycles. The molecule has 0 aliphatic heterocycles. The maximum atomic E-state index is 12.9. The number of anilines is 1. The van der Waals surface area contributed by atoms with Gasteiger partial charge in [-0.25, -0.2) is 0 Å². The number of carbonyl (C=O) groups excluding carboxylic acids is 2. The van der Waals surface area contributed by atoms with Crippen LogP contribution in [-0.4, -0.2) is 27.3 Å². The second-order valence-electron chi connectivity index (χ2n) is 7.97. The number of nitro groups is 1. The summed E-state index contributed by atoms with van der Waals surface area (Å²) < 4.78 is 1.57. The fraction of sp³-hybridized carbons (Fsp3) is 0.208. The molecule has 3 aromatic rings. The molecule has 0 fully saturated rings. The Kier molecular flexibility index (Phi) is 7.80. The van der Waals surface area contributed by atoms with Crippen molar-refractivity contribution in [2.24, 2.45) is 5.92 Å². The van der Waals surface area contributed by atoms with E-state index in [2.05, 4.69) is 10.6 Å². The molecule has 0 saturated carbocycles. The van der Waals surface area contributed by atoms with Gasteiger partial charge in [-0.1, -0.05) is 43.6 Å². The zero-order valence-electron chi connectivity index (χ0n) is 18.5. The van der Waals surface area contributed by atoms with E-state index >= 15 is 0 Å². The number of hydrogen-bond donors (Lipinski definition) is 2. The molecule has 2 amide bonds. The molecule has 34 heavy (non-hydrogen) atoms. The van der Waals surface area contributed by atoms with Gasteiger partial charge in [-0.15, -0.1) is 0 Å². The highest BCUT2D eigenvalue weighted by molar-refractivity contribution is 6.32. The molecule has 0 aliphatic rings. The van der Waals surface area contributed by atoms with E-state index in [1.807, 2.05) is 0 Å². The van der Waals surface area contributed by atoms with Gasteiger partial charge in [0, 0.05) is 29.6 Å². The van der Waals surface area contributed by atoms with Gasteiger partial charge < -0.3 is 15.2 Å². The van der Waals surface area contributed by atoms with Crippen LogP contribution in [0.25, 0.3) is 0 Å². The first-order chi connectivity index (χ1) is 16.2. The van der Waals surface area contributed by atoms with Gasteiger partial charge in [0.25, 0.3) is 17.2 Å². The molecule has 1 atom stereocenters. The van der Waals surface area contributed by atoms with Gasteiger partial charge in [0.1, 0.15) is 11.1 Å². The van der Waals surface area contributed by atoms with Crippen LogP contribution in [-0.2, 0) is 11.3 Å². The predicted octanol–water partition coefficient (Wildman–Crippen LogP) is 3.85. The summed E-state index contributed by atoms with van der Waals surface area (Å²) >= 11 is 5.80. The lowest BCUT2D eigenvalue weighted by Gasteiger charge is -2.22. The minimum atomic E-state index is -0.884. The van der Waals surface area contributed by atoms with E-state index in [0.29, 0.717) is 12.2 Å². The minimum Gasteiger partial charge on any atom is -0.340 e. The SMILES string of the molecule is CC(C)C(NC(=O)c1ccc(Cl)c([N+](=O)[O-])c1)C(=O)Nc1ccc(Cn2ccccc2=O)cc1. The molecule has 10 heteroatoms. The van der Waals surface area contributed by atoms with Crippen molar-refractivity contribution in [3.8, 4) is 0 Å². The summed E-state index contributed by atoms with van der Waals surface area (Å²) in [5.41, 5.74) is 0.926. The van der Waals surface area contributed by atoms with Gasteiger partial charge in [0.05, 0.1) is 11.5 Å². The minimum absolute atomic E-state index is 0.0232. The number of nitrogens with one attached hydrogen (secondary N) is 2. The molecule has 176 valence electrons. The summed E-state index contributed by atoms with van der Waals surface area (Å²) in [6.45, 7) is 3.94. The first-order valence-corrected chi connectivity index (χ1v) is 10.8. The maximum Gasteiger partial charge on any atom is 0.288 e. The Labute approximate surface area is 200 Å². The molecule has 1 aromatic heterocycles. The van der Waals surface area contributed by atoms with Crippen LogP contribution in [0.1, 0.15) is 29.8 Å². The molecule has 9 nitrogen and oxygen atoms in total. The van der Waals surface area contributed by atoms with Crippen molar-refractivity contribution in [1.29, 1.82) is 0 Å². The van der Waals surface area contributed by atoms with E-state index in [0.717, 1.165) is 11.6 Å². The third-order valence-corrected chi connectivity index (χ3v) is 5.43. The highest BCUT2D eigenvalue weighted by atomic mass is 35.5. The van der Waals surface area contributed by atoms with Crippen molar-refractivity contribution in [1.82, 2.24) is 9.88 Å². The molecule has 0 spiro atoms. The van der Waals surface area contributed by atoms with Crippen LogP contribution in [0, 0.1) is 16.0 Å². The Bertz CT molecular complexity index is 1270. The molecule has 3 rings (SSSR count).